The zero-order chi connectivity index (χ0) is 11.8. The minimum atomic E-state index is 0.310. The predicted octanol–water partition coefficient (Wildman–Crippen LogP) is 2.94. The SMILES string of the molecule is CC(C)OCCNCc1ccc(CCl)cc1. The van der Waals surface area contributed by atoms with Gasteiger partial charge in [0.15, 0.2) is 0 Å². The molecule has 3 heteroatoms. The molecule has 0 aromatic heterocycles. The number of nitrogens with one attached hydrogen (secondary N) is 1. The summed E-state index contributed by atoms with van der Waals surface area (Å²) in [5.74, 6) is 0.579. The van der Waals surface area contributed by atoms with E-state index in [4.69, 9.17) is 16.3 Å². The van der Waals surface area contributed by atoms with Crippen molar-refractivity contribution in [3.8, 4) is 0 Å². The molecule has 0 fully saturated rings. The van der Waals surface area contributed by atoms with Gasteiger partial charge in [0.1, 0.15) is 0 Å². The Hall–Kier alpha value is -0.570. The summed E-state index contributed by atoms with van der Waals surface area (Å²) in [5.41, 5.74) is 2.44. The quantitative estimate of drug-likeness (QED) is 0.586. The molecule has 0 unspecified atom stereocenters. The smallest absolute Gasteiger partial charge is 0.0594 e. The summed E-state index contributed by atoms with van der Waals surface area (Å²) in [5, 5.41) is 3.34. The maximum absolute atomic E-state index is 5.72. The molecule has 0 atom stereocenters. The first-order valence-corrected chi connectivity index (χ1v) is 6.22. The summed E-state index contributed by atoms with van der Waals surface area (Å²) in [6.07, 6.45) is 0.310. The first kappa shape index (κ1) is 13.5. The van der Waals surface area contributed by atoms with E-state index in [0.717, 1.165) is 25.3 Å². The molecule has 90 valence electrons. The third kappa shape index (κ3) is 5.50. The normalized spacial score (nSPS) is 11.0. The van der Waals surface area contributed by atoms with E-state index >= 15 is 0 Å². The highest BCUT2D eigenvalue weighted by Gasteiger charge is 1.95. The zero-order valence-electron chi connectivity index (χ0n) is 10.0. The lowest BCUT2D eigenvalue weighted by Gasteiger charge is -2.08. The van der Waals surface area contributed by atoms with E-state index in [2.05, 4.69) is 29.6 Å². The lowest BCUT2D eigenvalue weighted by molar-refractivity contribution is 0.0807. The number of hydrogen-bond donors (Lipinski definition) is 1. The average Bonchev–Trinajstić information content (AvgIpc) is 2.29. The molecule has 0 aliphatic heterocycles. The highest BCUT2D eigenvalue weighted by atomic mass is 35.5. The highest BCUT2D eigenvalue weighted by molar-refractivity contribution is 6.17. The minimum Gasteiger partial charge on any atom is -0.377 e. The van der Waals surface area contributed by atoms with Crippen LogP contribution in [0.3, 0.4) is 0 Å². The van der Waals surface area contributed by atoms with Crippen LogP contribution in [-0.2, 0) is 17.2 Å². The van der Waals surface area contributed by atoms with Crippen LogP contribution in [0, 0.1) is 0 Å². The summed E-state index contributed by atoms with van der Waals surface area (Å²) < 4.78 is 5.44. The van der Waals surface area contributed by atoms with Gasteiger partial charge in [0.2, 0.25) is 0 Å². The van der Waals surface area contributed by atoms with Gasteiger partial charge in [-0.05, 0) is 25.0 Å². The lowest BCUT2D eigenvalue weighted by atomic mass is 10.1. The summed E-state index contributed by atoms with van der Waals surface area (Å²) in [6.45, 7) is 6.62. The fourth-order valence-corrected chi connectivity index (χ4v) is 1.52. The van der Waals surface area contributed by atoms with Crippen LogP contribution < -0.4 is 5.32 Å². The van der Waals surface area contributed by atoms with Crippen molar-refractivity contribution in [2.75, 3.05) is 13.2 Å². The van der Waals surface area contributed by atoms with Gasteiger partial charge >= 0.3 is 0 Å². The van der Waals surface area contributed by atoms with Crippen molar-refractivity contribution >= 4 is 11.6 Å². The molecule has 2 nitrogen and oxygen atoms in total. The molecular weight excluding hydrogens is 222 g/mol. The van der Waals surface area contributed by atoms with Crippen LogP contribution in [0.25, 0.3) is 0 Å². The van der Waals surface area contributed by atoms with Gasteiger partial charge in [-0.3, -0.25) is 0 Å². The molecule has 0 aliphatic carbocycles. The van der Waals surface area contributed by atoms with E-state index in [9.17, 15) is 0 Å². The topological polar surface area (TPSA) is 21.3 Å². The van der Waals surface area contributed by atoms with Crippen molar-refractivity contribution in [2.24, 2.45) is 0 Å². The van der Waals surface area contributed by atoms with Gasteiger partial charge in [-0.2, -0.15) is 0 Å². The Morgan fingerprint density at radius 2 is 1.81 bits per heavy atom. The average molecular weight is 242 g/mol. The molecule has 1 aromatic rings. The van der Waals surface area contributed by atoms with E-state index in [1.54, 1.807) is 0 Å². The molecule has 0 aliphatic rings. The number of benzene rings is 1. The zero-order valence-corrected chi connectivity index (χ0v) is 10.8. The van der Waals surface area contributed by atoms with E-state index in [1.165, 1.54) is 5.56 Å². The Kier molecular flexibility index (Phi) is 6.46. The van der Waals surface area contributed by atoms with E-state index in [1.807, 2.05) is 13.8 Å². The van der Waals surface area contributed by atoms with Gasteiger partial charge in [0, 0.05) is 19.0 Å². The van der Waals surface area contributed by atoms with Crippen molar-refractivity contribution in [3.05, 3.63) is 35.4 Å². The summed E-state index contributed by atoms with van der Waals surface area (Å²) in [6, 6.07) is 8.34. The molecule has 0 heterocycles. The molecule has 1 rings (SSSR count). The summed E-state index contributed by atoms with van der Waals surface area (Å²) in [4.78, 5) is 0. The van der Waals surface area contributed by atoms with Crippen LogP contribution in [0.1, 0.15) is 25.0 Å². The monoisotopic (exact) mass is 241 g/mol. The van der Waals surface area contributed by atoms with Crippen molar-refractivity contribution in [2.45, 2.75) is 32.4 Å². The van der Waals surface area contributed by atoms with Gasteiger partial charge in [-0.1, -0.05) is 24.3 Å². The molecule has 0 amide bonds. The van der Waals surface area contributed by atoms with Crippen LogP contribution in [0.15, 0.2) is 24.3 Å². The Morgan fingerprint density at radius 1 is 1.19 bits per heavy atom. The minimum absolute atomic E-state index is 0.310. The van der Waals surface area contributed by atoms with E-state index < -0.39 is 0 Å². The number of rotatable bonds is 7. The Labute approximate surface area is 103 Å². The molecular formula is C13H20ClNO. The van der Waals surface area contributed by atoms with Gasteiger partial charge < -0.3 is 10.1 Å². The van der Waals surface area contributed by atoms with Crippen LogP contribution in [-0.4, -0.2) is 19.3 Å². The maximum atomic E-state index is 5.72. The summed E-state index contributed by atoms with van der Waals surface area (Å²) in [7, 11) is 0. The third-order valence-corrected chi connectivity index (χ3v) is 2.55. The Morgan fingerprint density at radius 3 is 2.38 bits per heavy atom. The molecule has 16 heavy (non-hydrogen) atoms. The van der Waals surface area contributed by atoms with Crippen molar-refractivity contribution < 1.29 is 4.74 Å². The van der Waals surface area contributed by atoms with Crippen molar-refractivity contribution in [1.29, 1.82) is 0 Å². The first-order valence-electron chi connectivity index (χ1n) is 5.68. The molecule has 1 N–H and O–H groups in total. The first-order chi connectivity index (χ1) is 7.72. The second kappa shape index (κ2) is 7.66. The van der Waals surface area contributed by atoms with Gasteiger partial charge in [0.25, 0.3) is 0 Å². The fourth-order valence-electron chi connectivity index (χ4n) is 1.35. The van der Waals surface area contributed by atoms with E-state index in [-0.39, 0.29) is 0 Å². The van der Waals surface area contributed by atoms with Crippen LogP contribution in [0.4, 0.5) is 0 Å². The van der Waals surface area contributed by atoms with Gasteiger partial charge in [-0.15, -0.1) is 11.6 Å². The fraction of sp³-hybridized carbons (Fsp3) is 0.538. The highest BCUT2D eigenvalue weighted by Crippen LogP contribution is 2.06. The second-order valence-corrected chi connectivity index (χ2v) is 4.31. The van der Waals surface area contributed by atoms with Crippen LogP contribution in [0.5, 0.6) is 0 Å². The largest absolute Gasteiger partial charge is 0.377 e. The number of halogens is 1. The maximum Gasteiger partial charge on any atom is 0.0594 e. The Balaban J connectivity index is 2.16. The lowest BCUT2D eigenvalue weighted by Crippen LogP contribution is -2.20. The molecule has 0 saturated heterocycles. The van der Waals surface area contributed by atoms with Gasteiger partial charge in [0.05, 0.1) is 12.7 Å². The standard InChI is InChI=1S/C13H20ClNO/c1-11(2)16-8-7-15-10-13-5-3-12(9-14)4-6-13/h3-6,11,15H,7-10H2,1-2H3. The van der Waals surface area contributed by atoms with E-state index in [0.29, 0.717) is 12.0 Å². The number of ether oxygens (including phenoxy) is 1. The number of hydrogen-bond acceptors (Lipinski definition) is 2. The van der Waals surface area contributed by atoms with Crippen LogP contribution >= 0.6 is 11.6 Å². The Bertz CT molecular complexity index is 284. The number of alkyl halides is 1. The predicted molar refractivity (Wildman–Crippen MR) is 68.8 cm³/mol. The molecule has 0 bridgehead atoms. The van der Waals surface area contributed by atoms with Crippen molar-refractivity contribution in [3.63, 3.8) is 0 Å². The summed E-state index contributed by atoms with van der Waals surface area (Å²) >= 11 is 5.72. The third-order valence-electron chi connectivity index (χ3n) is 2.24. The van der Waals surface area contributed by atoms with Gasteiger partial charge in [-0.25, -0.2) is 0 Å². The molecule has 0 saturated carbocycles. The molecule has 1 aromatic carbocycles. The molecule has 0 spiro atoms. The second-order valence-electron chi connectivity index (χ2n) is 4.05. The van der Waals surface area contributed by atoms with Crippen LogP contribution in [0.2, 0.25) is 0 Å². The van der Waals surface area contributed by atoms with Crippen molar-refractivity contribution in [1.82, 2.24) is 5.32 Å². The molecule has 0 radical (unpaired) electrons.